The van der Waals surface area contributed by atoms with Gasteiger partial charge in [0, 0.05) is 25.6 Å². The number of nitrogens with zero attached hydrogens (tertiary/aromatic N) is 5. The molecule has 9 heteroatoms. The summed E-state index contributed by atoms with van der Waals surface area (Å²) in [6.45, 7) is 6.32. The number of carbonyl (C=O) groups is 1. The Balaban J connectivity index is 1.92. The monoisotopic (exact) mass is 347 g/mol. The third-order valence-electron chi connectivity index (χ3n) is 4.10. The Hall–Kier alpha value is -2.55. The molecule has 0 aliphatic carbocycles. The summed E-state index contributed by atoms with van der Waals surface area (Å²) in [5.41, 5.74) is -0.991. The molecule has 2 aromatic heterocycles. The molecule has 3 rings (SSSR count). The highest BCUT2D eigenvalue weighted by Crippen LogP contribution is 2.34. The minimum absolute atomic E-state index is 0.176. The number of esters is 1. The number of anilines is 1. The lowest BCUT2D eigenvalue weighted by molar-refractivity contribution is 0.0259. The molecule has 0 amide bonds. The lowest BCUT2D eigenvalue weighted by Gasteiger charge is -2.22. The largest absolute Gasteiger partial charge is 0.462 e. The molecule has 1 N–H and O–H groups in total. The molecule has 9 nitrogen and oxygen atoms in total. The fourth-order valence-electron chi connectivity index (χ4n) is 2.81. The summed E-state index contributed by atoms with van der Waals surface area (Å²) < 4.78 is 10.2. The molecule has 1 aliphatic heterocycles. The summed E-state index contributed by atoms with van der Waals surface area (Å²) >= 11 is 0. The normalized spacial score (nSPS) is 20.1. The van der Waals surface area contributed by atoms with Crippen LogP contribution in [0.4, 0.5) is 5.82 Å². The first kappa shape index (κ1) is 17.3. The summed E-state index contributed by atoms with van der Waals surface area (Å²) in [5.74, 6) is 1.23. The molecule has 1 unspecified atom stereocenters. The van der Waals surface area contributed by atoms with Crippen LogP contribution in [0.15, 0.2) is 10.7 Å². The van der Waals surface area contributed by atoms with E-state index in [9.17, 15) is 9.90 Å². The highest BCUT2D eigenvalue weighted by molar-refractivity contribution is 5.94. The van der Waals surface area contributed by atoms with Gasteiger partial charge in [0.05, 0.1) is 13.2 Å². The number of rotatable bonds is 5. The fourth-order valence-corrected chi connectivity index (χ4v) is 2.81. The maximum Gasteiger partial charge on any atom is 0.343 e. The number of β-amino-alcohol motifs (C(OH)–C–C–N with tert-alkyl or cyclic N) is 1. The molecular formula is C16H21N5O4. The number of carbonyl (C=O) groups excluding carboxylic acids is 1. The van der Waals surface area contributed by atoms with Crippen molar-refractivity contribution < 1.29 is 19.2 Å². The van der Waals surface area contributed by atoms with Gasteiger partial charge >= 0.3 is 5.97 Å². The number of hydrogen-bond donors (Lipinski definition) is 1. The van der Waals surface area contributed by atoms with E-state index in [1.54, 1.807) is 13.8 Å². The van der Waals surface area contributed by atoms with Gasteiger partial charge in [0.25, 0.3) is 5.89 Å². The first-order chi connectivity index (χ1) is 12.0. The quantitative estimate of drug-likeness (QED) is 0.791. The van der Waals surface area contributed by atoms with Crippen molar-refractivity contribution in [1.29, 1.82) is 0 Å². The molecule has 2 aromatic rings. The predicted molar refractivity (Wildman–Crippen MR) is 87.1 cm³/mol. The summed E-state index contributed by atoms with van der Waals surface area (Å²) in [6, 6.07) is 0. The van der Waals surface area contributed by atoms with Gasteiger partial charge in [-0.25, -0.2) is 14.8 Å². The van der Waals surface area contributed by atoms with E-state index in [4.69, 9.17) is 9.26 Å². The Morgan fingerprint density at radius 1 is 1.44 bits per heavy atom. The van der Waals surface area contributed by atoms with E-state index >= 15 is 0 Å². The first-order valence-electron chi connectivity index (χ1n) is 8.28. The van der Waals surface area contributed by atoms with Gasteiger partial charge in [-0.3, -0.25) is 0 Å². The van der Waals surface area contributed by atoms with Crippen molar-refractivity contribution in [3.05, 3.63) is 29.3 Å². The molecule has 0 spiro atoms. The van der Waals surface area contributed by atoms with Crippen molar-refractivity contribution in [3.8, 4) is 0 Å². The molecule has 3 heterocycles. The van der Waals surface area contributed by atoms with Crippen molar-refractivity contribution in [3.63, 3.8) is 0 Å². The summed E-state index contributed by atoms with van der Waals surface area (Å²) in [5, 5.41) is 14.6. The van der Waals surface area contributed by atoms with Gasteiger partial charge in [0.2, 0.25) is 0 Å². The van der Waals surface area contributed by atoms with E-state index in [-0.39, 0.29) is 24.6 Å². The summed E-state index contributed by atoms with van der Waals surface area (Å²) in [6.07, 6.45) is 2.51. The van der Waals surface area contributed by atoms with E-state index in [1.807, 2.05) is 11.8 Å². The number of aromatic nitrogens is 4. The van der Waals surface area contributed by atoms with Crippen LogP contribution in [0.3, 0.4) is 0 Å². The van der Waals surface area contributed by atoms with E-state index in [0.717, 1.165) is 0 Å². The first-order valence-corrected chi connectivity index (χ1v) is 8.28. The van der Waals surface area contributed by atoms with Crippen LogP contribution in [-0.2, 0) is 16.8 Å². The highest BCUT2D eigenvalue weighted by Gasteiger charge is 2.44. The molecule has 0 aromatic carbocycles. The van der Waals surface area contributed by atoms with Crippen LogP contribution >= 0.6 is 0 Å². The third kappa shape index (κ3) is 3.32. The maximum absolute atomic E-state index is 12.2. The molecule has 1 fully saturated rings. The topological polar surface area (TPSA) is 114 Å². The van der Waals surface area contributed by atoms with E-state index in [1.165, 1.54) is 6.20 Å². The van der Waals surface area contributed by atoms with Crippen molar-refractivity contribution in [2.45, 2.75) is 39.2 Å². The minimum Gasteiger partial charge on any atom is -0.462 e. The smallest absolute Gasteiger partial charge is 0.343 e. The summed E-state index contributed by atoms with van der Waals surface area (Å²) in [7, 11) is 0. The Bertz CT molecular complexity index is 778. The molecule has 1 saturated heterocycles. The SMILES string of the molecule is CCOC(=O)c1cnc(CC)nc1N1CCC(O)(c2nc(C)no2)C1. The number of aryl methyl sites for hydroxylation is 2. The molecule has 134 valence electrons. The molecular weight excluding hydrogens is 326 g/mol. The number of hydrogen-bond acceptors (Lipinski definition) is 9. The Labute approximate surface area is 145 Å². The lowest BCUT2D eigenvalue weighted by Crippen LogP contribution is -2.32. The van der Waals surface area contributed by atoms with E-state index in [2.05, 4.69) is 20.1 Å². The number of aliphatic hydroxyl groups is 1. The van der Waals surface area contributed by atoms with Gasteiger partial charge in [0.1, 0.15) is 17.2 Å². The van der Waals surface area contributed by atoms with Crippen LogP contribution < -0.4 is 4.90 Å². The van der Waals surface area contributed by atoms with Gasteiger partial charge < -0.3 is 19.3 Å². The Morgan fingerprint density at radius 2 is 2.24 bits per heavy atom. The maximum atomic E-state index is 12.2. The van der Waals surface area contributed by atoms with Crippen LogP contribution in [0.1, 0.15) is 48.2 Å². The van der Waals surface area contributed by atoms with Crippen molar-refractivity contribution in [2.24, 2.45) is 0 Å². The fraction of sp³-hybridized carbons (Fsp3) is 0.562. The van der Waals surface area contributed by atoms with Crippen LogP contribution in [0, 0.1) is 6.92 Å². The van der Waals surface area contributed by atoms with Crippen LogP contribution in [0.5, 0.6) is 0 Å². The molecule has 1 aliphatic rings. The Kier molecular flexibility index (Phi) is 4.67. The standard InChI is InChI=1S/C16H21N5O4/c1-4-12-17-8-11(14(22)24-5-2)13(19-12)21-7-6-16(23,9-21)15-18-10(3)20-25-15/h8,23H,4-7,9H2,1-3H3. The zero-order valence-electron chi connectivity index (χ0n) is 14.5. The van der Waals surface area contributed by atoms with Crippen molar-refractivity contribution >= 4 is 11.8 Å². The molecule has 0 saturated carbocycles. The van der Waals surface area contributed by atoms with E-state index < -0.39 is 11.6 Å². The molecule has 1 atom stereocenters. The molecule has 0 bridgehead atoms. The van der Waals surface area contributed by atoms with E-state index in [0.29, 0.717) is 36.9 Å². The zero-order valence-corrected chi connectivity index (χ0v) is 14.5. The van der Waals surface area contributed by atoms with Gasteiger partial charge in [0.15, 0.2) is 11.4 Å². The minimum atomic E-state index is -1.27. The van der Waals surface area contributed by atoms with Gasteiger partial charge in [-0.1, -0.05) is 12.1 Å². The van der Waals surface area contributed by atoms with Crippen molar-refractivity contribution in [1.82, 2.24) is 20.1 Å². The summed E-state index contributed by atoms with van der Waals surface area (Å²) in [4.78, 5) is 26.9. The van der Waals surface area contributed by atoms with Crippen molar-refractivity contribution in [2.75, 3.05) is 24.6 Å². The van der Waals surface area contributed by atoms with Gasteiger partial charge in [-0.15, -0.1) is 0 Å². The second kappa shape index (κ2) is 6.75. The second-order valence-corrected chi connectivity index (χ2v) is 5.95. The lowest BCUT2D eigenvalue weighted by atomic mass is 10.0. The average Bonchev–Trinajstić information content (AvgIpc) is 3.22. The van der Waals surface area contributed by atoms with Gasteiger partial charge in [-0.05, 0) is 13.8 Å². The van der Waals surface area contributed by atoms with Gasteiger partial charge in [-0.2, -0.15) is 4.98 Å². The number of ether oxygens (including phenoxy) is 1. The second-order valence-electron chi connectivity index (χ2n) is 5.95. The zero-order chi connectivity index (χ0) is 18.0. The van der Waals surface area contributed by atoms with Crippen LogP contribution in [-0.4, -0.2) is 50.9 Å². The van der Waals surface area contributed by atoms with Crippen LogP contribution in [0.2, 0.25) is 0 Å². The molecule has 25 heavy (non-hydrogen) atoms. The predicted octanol–water partition coefficient (Wildman–Crippen LogP) is 1.01. The third-order valence-corrected chi connectivity index (χ3v) is 4.10. The highest BCUT2D eigenvalue weighted by atomic mass is 16.5. The average molecular weight is 347 g/mol. The van der Waals surface area contributed by atoms with Crippen LogP contribution in [0.25, 0.3) is 0 Å². The Morgan fingerprint density at radius 3 is 2.88 bits per heavy atom. The molecule has 0 radical (unpaired) electrons.